The number of carbonyl (C=O) groups is 1. The van der Waals surface area contributed by atoms with Gasteiger partial charge >= 0.3 is 5.97 Å². The highest BCUT2D eigenvalue weighted by molar-refractivity contribution is 5.69. The summed E-state index contributed by atoms with van der Waals surface area (Å²) in [5.41, 5.74) is 1.72. The molecule has 5 N–H and O–H groups in total. The zero-order valence-corrected chi connectivity index (χ0v) is 34.4. The SMILES string of the molecule is CCCOCCNCC(C)CC(CO)CC(C)CC(CC(C)C)[C@H]1C=C2CCC3C=C[C@@H](C(CC(C)C(=O)O)CC(C)C(O)O)CC3CC[C@H]2CC1. The first-order valence-corrected chi connectivity index (χ1v) is 21.7. The second kappa shape index (κ2) is 23.6. The van der Waals surface area contributed by atoms with E-state index in [1.807, 2.05) is 6.92 Å². The average Bonchev–Trinajstić information content (AvgIpc) is 3.09. The zero-order chi connectivity index (χ0) is 38.2. The summed E-state index contributed by atoms with van der Waals surface area (Å²) >= 11 is 0. The van der Waals surface area contributed by atoms with Gasteiger partial charge in [0.25, 0.3) is 0 Å². The molecule has 0 bridgehead atoms. The number of carboxylic acid groups (broad SMARTS) is 1. The van der Waals surface area contributed by atoms with E-state index in [2.05, 4.69) is 58.2 Å². The maximum absolute atomic E-state index is 11.8. The number of ether oxygens (including phenoxy) is 1. The maximum Gasteiger partial charge on any atom is 0.306 e. The molecular formula is C45H81NO6. The minimum absolute atomic E-state index is 0.144. The number of aliphatic hydroxyl groups is 3. The summed E-state index contributed by atoms with van der Waals surface area (Å²) in [6.07, 6.45) is 21.7. The summed E-state index contributed by atoms with van der Waals surface area (Å²) in [5.74, 6) is 4.40. The van der Waals surface area contributed by atoms with Gasteiger partial charge in [-0.25, -0.2) is 0 Å². The lowest BCUT2D eigenvalue weighted by atomic mass is 9.64. The number of allylic oxidation sites excluding steroid dienone is 4. The average molecular weight is 732 g/mol. The second-order valence-corrected chi connectivity index (χ2v) is 18.5. The number of hydrogen-bond donors (Lipinski definition) is 5. The van der Waals surface area contributed by atoms with Crippen LogP contribution in [-0.4, -0.2) is 65.6 Å². The Kier molecular flexibility index (Phi) is 20.5. The van der Waals surface area contributed by atoms with Gasteiger partial charge in [-0.3, -0.25) is 4.79 Å². The summed E-state index contributed by atoms with van der Waals surface area (Å²) in [5, 5.41) is 43.2. The molecule has 12 atom stereocenters. The largest absolute Gasteiger partial charge is 0.481 e. The highest BCUT2D eigenvalue weighted by Gasteiger charge is 2.37. The minimum atomic E-state index is -1.37. The molecule has 3 aliphatic carbocycles. The standard InChI is InChI=1S/C45H81NO6/c1-8-18-52-19-17-46-28-32(5)22-35(29-47)21-31(4)23-42(20-30(2)3)40-15-11-36-10-14-39-27-41(16-12-37(39)9-13-38(36)26-40)43(24-33(6)44(48)49)25-34(7)45(50)51/h12,16,26,30-37,39-44,46-49H,8-11,13-15,17-25,27-29H2,1-7H3,(H,50,51)/t31?,32?,33?,34?,35?,36-,37?,39?,40+,41+,42?,43?/m0/s1. The lowest BCUT2D eigenvalue weighted by Crippen LogP contribution is -2.32. The fourth-order valence-electron chi connectivity index (χ4n) is 10.3. The third-order valence-electron chi connectivity index (χ3n) is 13.2. The first-order chi connectivity index (χ1) is 24.8. The zero-order valence-electron chi connectivity index (χ0n) is 34.4. The predicted molar refractivity (Wildman–Crippen MR) is 214 cm³/mol. The maximum atomic E-state index is 11.8. The van der Waals surface area contributed by atoms with Crippen LogP contribution >= 0.6 is 0 Å². The van der Waals surface area contributed by atoms with Gasteiger partial charge in [-0.1, -0.05) is 72.3 Å². The van der Waals surface area contributed by atoms with Crippen molar-refractivity contribution in [1.29, 1.82) is 0 Å². The number of aliphatic carboxylic acids is 1. The van der Waals surface area contributed by atoms with Gasteiger partial charge in [0.05, 0.1) is 12.5 Å². The molecule has 1 fully saturated rings. The molecule has 7 nitrogen and oxygen atoms in total. The Morgan fingerprint density at radius 3 is 2.23 bits per heavy atom. The van der Waals surface area contributed by atoms with Gasteiger partial charge in [0.2, 0.25) is 0 Å². The van der Waals surface area contributed by atoms with E-state index in [4.69, 9.17) is 4.74 Å². The number of nitrogens with one attached hydrogen (secondary N) is 1. The lowest BCUT2D eigenvalue weighted by Gasteiger charge is -2.41. The third-order valence-corrected chi connectivity index (χ3v) is 13.2. The highest BCUT2D eigenvalue weighted by Crippen LogP contribution is 2.48. The van der Waals surface area contributed by atoms with Crippen LogP contribution in [0.5, 0.6) is 0 Å². The number of hydrogen-bond acceptors (Lipinski definition) is 6. The molecule has 0 aromatic rings. The molecular weight excluding hydrogens is 650 g/mol. The van der Waals surface area contributed by atoms with E-state index in [1.54, 1.807) is 12.5 Å². The van der Waals surface area contributed by atoms with Crippen molar-refractivity contribution in [2.45, 2.75) is 145 Å². The van der Waals surface area contributed by atoms with Gasteiger partial charge < -0.3 is 30.5 Å². The minimum Gasteiger partial charge on any atom is -0.481 e. The molecule has 9 unspecified atom stereocenters. The monoisotopic (exact) mass is 732 g/mol. The van der Waals surface area contributed by atoms with E-state index in [-0.39, 0.29) is 18.4 Å². The van der Waals surface area contributed by atoms with Crippen molar-refractivity contribution in [3.63, 3.8) is 0 Å². The van der Waals surface area contributed by atoms with Crippen LogP contribution in [-0.2, 0) is 9.53 Å². The number of rotatable bonds is 24. The Hall–Kier alpha value is -1.25. The predicted octanol–water partition coefficient (Wildman–Crippen LogP) is 9.11. The Bertz CT molecular complexity index is 1060. The van der Waals surface area contributed by atoms with Crippen molar-refractivity contribution in [2.24, 2.45) is 76.9 Å². The third kappa shape index (κ3) is 15.5. The van der Waals surface area contributed by atoms with Crippen LogP contribution in [0.3, 0.4) is 0 Å². The molecule has 1 saturated carbocycles. The number of carboxylic acids is 1. The number of aliphatic hydroxyl groups excluding tert-OH is 2. The van der Waals surface area contributed by atoms with Gasteiger partial charge in [-0.05, 0) is 162 Å². The van der Waals surface area contributed by atoms with Crippen LogP contribution in [0.2, 0.25) is 0 Å². The summed E-state index contributed by atoms with van der Waals surface area (Å²) < 4.78 is 5.60. The molecule has 0 aliphatic heterocycles. The molecule has 0 amide bonds. The fraction of sp³-hybridized carbons (Fsp3) is 0.889. The van der Waals surface area contributed by atoms with Crippen LogP contribution in [0, 0.1) is 76.9 Å². The Balaban J connectivity index is 1.60. The van der Waals surface area contributed by atoms with Crippen molar-refractivity contribution >= 4 is 5.97 Å². The van der Waals surface area contributed by atoms with Crippen LogP contribution in [0.1, 0.15) is 138 Å². The first kappa shape index (κ1) is 45.1. The van der Waals surface area contributed by atoms with Crippen LogP contribution < -0.4 is 5.32 Å². The quantitative estimate of drug-likeness (QED) is 0.0382. The highest BCUT2D eigenvalue weighted by atomic mass is 16.5. The molecule has 52 heavy (non-hydrogen) atoms. The fourth-order valence-corrected chi connectivity index (χ4v) is 10.3. The van der Waals surface area contributed by atoms with Crippen molar-refractivity contribution < 1.29 is 30.0 Å². The summed E-state index contributed by atoms with van der Waals surface area (Å²) in [6, 6.07) is 0. The molecule has 3 aliphatic rings. The van der Waals surface area contributed by atoms with Crippen molar-refractivity contribution in [3.05, 3.63) is 23.8 Å². The molecule has 0 radical (unpaired) electrons. The van der Waals surface area contributed by atoms with Gasteiger partial charge in [0, 0.05) is 25.7 Å². The second-order valence-electron chi connectivity index (χ2n) is 18.5. The van der Waals surface area contributed by atoms with Crippen molar-refractivity contribution in [3.8, 4) is 0 Å². The topological polar surface area (TPSA) is 119 Å². The Morgan fingerprint density at radius 1 is 0.846 bits per heavy atom. The summed E-state index contributed by atoms with van der Waals surface area (Å²) in [7, 11) is 0. The molecule has 0 aromatic carbocycles. The van der Waals surface area contributed by atoms with E-state index in [9.17, 15) is 25.2 Å². The molecule has 302 valence electrons. The van der Waals surface area contributed by atoms with Gasteiger partial charge in [0.15, 0.2) is 6.29 Å². The molecule has 0 saturated heterocycles. The van der Waals surface area contributed by atoms with Crippen LogP contribution in [0.25, 0.3) is 0 Å². The van der Waals surface area contributed by atoms with Crippen LogP contribution in [0.15, 0.2) is 23.8 Å². The molecule has 0 heterocycles. The van der Waals surface area contributed by atoms with Gasteiger partial charge in [-0.15, -0.1) is 0 Å². The molecule has 3 rings (SSSR count). The van der Waals surface area contributed by atoms with E-state index in [0.717, 1.165) is 52.0 Å². The molecule has 0 aromatic heterocycles. The van der Waals surface area contributed by atoms with Crippen molar-refractivity contribution in [2.75, 3.05) is 32.9 Å². The molecule has 0 spiro atoms. The Labute approximate surface area is 318 Å². The van der Waals surface area contributed by atoms with E-state index >= 15 is 0 Å². The Morgan fingerprint density at radius 2 is 1.56 bits per heavy atom. The van der Waals surface area contributed by atoms with E-state index in [0.29, 0.717) is 72.0 Å². The number of fused-ring (bicyclic) bond motifs is 2. The smallest absolute Gasteiger partial charge is 0.306 e. The van der Waals surface area contributed by atoms with Crippen molar-refractivity contribution in [1.82, 2.24) is 5.32 Å². The van der Waals surface area contributed by atoms with Crippen LogP contribution in [0.4, 0.5) is 0 Å². The van der Waals surface area contributed by atoms with E-state index in [1.165, 1.54) is 51.4 Å². The summed E-state index contributed by atoms with van der Waals surface area (Å²) in [6.45, 7) is 19.1. The normalized spacial score (nSPS) is 27.8. The van der Waals surface area contributed by atoms with E-state index < -0.39 is 18.2 Å². The van der Waals surface area contributed by atoms with Gasteiger partial charge in [-0.2, -0.15) is 0 Å². The molecule has 7 heteroatoms. The summed E-state index contributed by atoms with van der Waals surface area (Å²) in [4.78, 5) is 11.8. The first-order valence-electron chi connectivity index (χ1n) is 21.7. The van der Waals surface area contributed by atoms with Gasteiger partial charge in [0.1, 0.15) is 0 Å². The lowest BCUT2D eigenvalue weighted by molar-refractivity contribution is -0.142.